The highest BCUT2D eigenvalue weighted by atomic mass is 16.5. The van der Waals surface area contributed by atoms with Gasteiger partial charge in [0.25, 0.3) is 5.91 Å². The Labute approximate surface area is 163 Å². The first-order valence-electron chi connectivity index (χ1n) is 8.68. The Balaban J connectivity index is 1.79. The molecular weight excluding hydrogens is 360 g/mol. The van der Waals surface area contributed by atoms with Crippen molar-refractivity contribution in [2.75, 3.05) is 18.5 Å². The number of Topliss-reactive ketones (excluding diaryl/α,β-unsaturated/α-hetero) is 1. The summed E-state index contributed by atoms with van der Waals surface area (Å²) in [6.07, 6.45) is 0. The van der Waals surface area contributed by atoms with E-state index in [4.69, 9.17) is 4.74 Å². The second-order valence-electron chi connectivity index (χ2n) is 6.32. The molecule has 0 aliphatic heterocycles. The van der Waals surface area contributed by atoms with Gasteiger partial charge in [-0.3, -0.25) is 19.2 Å². The van der Waals surface area contributed by atoms with Crippen molar-refractivity contribution in [2.45, 2.75) is 20.8 Å². The number of ether oxygens (including phenoxy) is 1. The number of carbonyl (C=O) groups excluding carboxylic acids is 4. The van der Waals surface area contributed by atoms with Crippen molar-refractivity contribution in [3.05, 3.63) is 64.7 Å². The number of esters is 1. The van der Waals surface area contributed by atoms with Crippen LogP contribution in [0, 0.1) is 13.8 Å². The van der Waals surface area contributed by atoms with Gasteiger partial charge in [0.2, 0.25) is 5.91 Å². The molecule has 7 heteroatoms. The van der Waals surface area contributed by atoms with E-state index in [0.29, 0.717) is 16.8 Å². The van der Waals surface area contributed by atoms with Gasteiger partial charge in [-0.15, -0.1) is 0 Å². The molecule has 0 fully saturated rings. The number of aryl methyl sites for hydroxylation is 2. The van der Waals surface area contributed by atoms with Gasteiger partial charge in [0.05, 0.1) is 0 Å². The number of carbonyl (C=O) groups is 4. The average molecular weight is 382 g/mol. The Hall–Kier alpha value is -3.48. The summed E-state index contributed by atoms with van der Waals surface area (Å²) in [6.45, 7) is 4.46. The molecule has 7 nitrogen and oxygen atoms in total. The van der Waals surface area contributed by atoms with Crippen LogP contribution in [0.2, 0.25) is 0 Å². The molecule has 2 aromatic rings. The highest BCUT2D eigenvalue weighted by molar-refractivity contribution is 5.99. The van der Waals surface area contributed by atoms with Crippen LogP contribution in [0.15, 0.2) is 42.5 Å². The molecule has 0 saturated heterocycles. The third-order valence-electron chi connectivity index (χ3n) is 4.05. The minimum Gasteiger partial charge on any atom is -0.456 e. The molecule has 2 rings (SSSR count). The summed E-state index contributed by atoms with van der Waals surface area (Å²) in [5.74, 6) is -1.70. The van der Waals surface area contributed by atoms with Crippen molar-refractivity contribution >= 4 is 29.3 Å². The van der Waals surface area contributed by atoms with Crippen LogP contribution < -0.4 is 10.6 Å². The SMILES string of the molecule is CC(=O)Nc1ccc(C(=O)COC(=O)CNC(=O)c2ccc(C)c(C)c2)cc1. The first-order chi connectivity index (χ1) is 13.3. The molecular formula is C21H22N2O5. The molecule has 0 saturated carbocycles. The van der Waals surface area contributed by atoms with Crippen molar-refractivity contribution in [1.82, 2.24) is 5.32 Å². The number of amides is 2. The standard InChI is InChI=1S/C21H22N2O5/c1-13-4-5-17(10-14(13)2)21(27)22-11-20(26)28-12-19(25)16-6-8-18(9-7-16)23-15(3)24/h4-10H,11-12H2,1-3H3,(H,22,27)(H,23,24). The maximum absolute atomic E-state index is 12.1. The zero-order chi connectivity index (χ0) is 20.7. The molecule has 2 amide bonds. The van der Waals surface area contributed by atoms with Gasteiger partial charge in [-0.05, 0) is 61.4 Å². The number of nitrogens with one attached hydrogen (secondary N) is 2. The van der Waals surface area contributed by atoms with Crippen molar-refractivity contribution in [1.29, 1.82) is 0 Å². The normalized spacial score (nSPS) is 10.1. The van der Waals surface area contributed by atoms with Gasteiger partial charge in [-0.2, -0.15) is 0 Å². The molecule has 0 unspecified atom stereocenters. The molecule has 146 valence electrons. The van der Waals surface area contributed by atoms with E-state index in [1.807, 2.05) is 19.9 Å². The molecule has 0 aromatic heterocycles. The molecule has 0 aliphatic rings. The summed E-state index contributed by atoms with van der Waals surface area (Å²) in [5, 5.41) is 5.06. The summed E-state index contributed by atoms with van der Waals surface area (Å²) >= 11 is 0. The monoisotopic (exact) mass is 382 g/mol. The van der Waals surface area contributed by atoms with E-state index in [1.165, 1.54) is 19.1 Å². The van der Waals surface area contributed by atoms with Gasteiger partial charge in [-0.1, -0.05) is 6.07 Å². The summed E-state index contributed by atoms with van der Waals surface area (Å²) in [6, 6.07) is 11.5. The molecule has 0 bridgehead atoms. The maximum Gasteiger partial charge on any atom is 0.325 e. The van der Waals surface area contributed by atoms with Gasteiger partial charge in [0, 0.05) is 23.7 Å². The zero-order valence-corrected chi connectivity index (χ0v) is 16.0. The highest BCUT2D eigenvalue weighted by Crippen LogP contribution is 2.11. The van der Waals surface area contributed by atoms with E-state index < -0.39 is 12.6 Å². The molecule has 0 aliphatic carbocycles. The first kappa shape index (κ1) is 20.8. The summed E-state index contributed by atoms with van der Waals surface area (Å²) in [7, 11) is 0. The van der Waals surface area contributed by atoms with Gasteiger partial charge >= 0.3 is 5.97 Å². The number of benzene rings is 2. The van der Waals surface area contributed by atoms with Crippen molar-refractivity contribution in [3.8, 4) is 0 Å². The van der Waals surface area contributed by atoms with Crippen LogP contribution in [0.4, 0.5) is 5.69 Å². The van der Waals surface area contributed by atoms with Crippen LogP contribution >= 0.6 is 0 Å². The Morgan fingerprint density at radius 2 is 1.54 bits per heavy atom. The minimum absolute atomic E-state index is 0.212. The number of hydrogen-bond acceptors (Lipinski definition) is 5. The second kappa shape index (κ2) is 9.45. The van der Waals surface area contributed by atoms with Crippen LogP contribution in [0.1, 0.15) is 38.8 Å². The van der Waals surface area contributed by atoms with E-state index >= 15 is 0 Å². The lowest BCUT2D eigenvalue weighted by Crippen LogP contribution is -2.31. The first-order valence-corrected chi connectivity index (χ1v) is 8.68. The number of rotatable bonds is 7. The quantitative estimate of drug-likeness (QED) is 0.566. The topological polar surface area (TPSA) is 102 Å². The number of hydrogen-bond donors (Lipinski definition) is 2. The lowest BCUT2D eigenvalue weighted by atomic mass is 10.1. The highest BCUT2D eigenvalue weighted by Gasteiger charge is 2.12. The lowest BCUT2D eigenvalue weighted by molar-refractivity contribution is -0.141. The molecule has 0 spiro atoms. The lowest BCUT2D eigenvalue weighted by Gasteiger charge is -2.08. The third-order valence-corrected chi connectivity index (χ3v) is 4.05. The van der Waals surface area contributed by atoms with E-state index in [2.05, 4.69) is 10.6 Å². The summed E-state index contributed by atoms with van der Waals surface area (Å²) < 4.78 is 4.91. The molecule has 2 aromatic carbocycles. The fourth-order valence-electron chi connectivity index (χ4n) is 2.36. The zero-order valence-electron chi connectivity index (χ0n) is 16.0. The van der Waals surface area contributed by atoms with E-state index in [-0.39, 0.29) is 24.1 Å². The molecule has 2 N–H and O–H groups in total. The average Bonchev–Trinajstić information content (AvgIpc) is 2.66. The third kappa shape index (κ3) is 6.05. The fourth-order valence-corrected chi connectivity index (χ4v) is 2.36. The largest absolute Gasteiger partial charge is 0.456 e. The van der Waals surface area contributed by atoms with Gasteiger partial charge in [-0.25, -0.2) is 0 Å². The second-order valence-corrected chi connectivity index (χ2v) is 6.32. The predicted molar refractivity (Wildman–Crippen MR) is 104 cm³/mol. The number of ketones is 1. The smallest absolute Gasteiger partial charge is 0.325 e. The minimum atomic E-state index is -0.708. The Bertz CT molecular complexity index is 904. The molecule has 28 heavy (non-hydrogen) atoms. The fraction of sp³-hybridized carbons (Fsp3) is 0.238. The van der Waals surface area contributed by atoms with Crippen molar-refractivity contribution in [2.24, 2.45) is 0 Å². The van der Waals surface area contributed by atoms with Gasteiger partial charge in [0.15, 0.2) is 12.4 Å². The van der Waals surface area contributed by atoms with Crippen LogP contribution in [-0.4, -0.2) is 36.7 Å². The van der Waals surface area contributed by atoms with Crippen LogP contribution in [0.5, 0.6) is 0 Å². The van der Waals surface area contributed by atoms with Crippen molar-refractivity contribution in [3.63, 3.8) is 0 Å². The van der Waals surface area contributed by atoms with Crippen LogP contribution in [0.25, 0.3) is 0 Å². The van der Waals surface area contributed by atoms with E-state index in [1.54, 1.807) is 24.3 Å². The van der Waals surface area contributed by atoms with Gasteiger partial charge in [0.1, 0.15) is 6.54 Å². The number of anilines is 1. The summed E-state index contributed by atoms with van der Waals surface area (Å²) in [5.41, 5.74) is 3.41. The molecule has 0 radical (unpaired) electrons. The Kier molecular flexibility index (Phi) is 7.03. The Morgan fingerprint density at radius 1 is 0.893 bits per heavy atom. The van der Waals surface area contributed by atoms with E-state index in [0.717, 1.165) is 11.1 Å². The van der Waals surface area contributed by atoms with Gasteiger partial charge < -0.3 is 15.4 Å². The predicted octanol–water partition coefficient (Wildman–Crippen LogP) is 2.42. The summed E-state index contributed by atoms with van der Waals surface area (Å²) in [4.78, 5) is 46.9. The molecule has 0 heterocycles. The Morgan fingerprint density at radius 3 is 2.14 bits per heavy atom. The van der Waals surface area contributed by atoms with Crippen LogP contribution in [0.3, 0.4) is 0 Å². The van der Waals surface area contributed by atoms with E-state index in [9.17, 15) is 19.2 Å². The van der Waals surface area contributed by atoms with Crippen LogP contribution in [-0.2, 0) is 14.3 Å². The molecule has 0 atom stereocenters. The maximum atomic E-state index is 12.1. The van der Waals surface area contributed by atoms with Crippen molar-refractivity contribution < 1.29 is 23.9 Å².